The van der Waals surface area contributed by atoms with E-state index in [-0.39, 0.29) is 66.7 Å². The number of nitrogens with zero attached hydrogens (tertiary/aromatic N) is 8. The van der Waals surface area contributed by atoms with Crippen LogP contribution in [-0.4, -0.2) is 280 Å². The Hall–Kier alpha value is -5.80. The minimum Gasteiger partial charge on any atom is -0.460 e. The first kappa shape index (κ1) is 99.3. The Kier molecular flexibility index (Phi) is 46.0. The molecule has 664 valence electrons. The van der Waals surface area contributed by atoms with E-state index in [0.717, 1.165) is 77.4 Å². The SMILES string of the molecule is CO[C@H]1C[C@@H]2CC[C@@H](C)[C@@](O)(O2)C(=O)C(=O)N2CCCC[C@H]2C(=O)O[C@H]([C@H](C)C[C@@H]2CC[C@@H](OCCCCc3cn(CCOCCOCCOCCOCCOCCOCCOCCOCCC(=O)CCCCCn4nc(I)c5c(N)ncnc54)nn3)[C@H](OC)C2)CC(=O)[C@H](C)/C=C(\C)[C@@H](O)[C@@H](OC)C(=O)[C@H](C)C[C@H](C)/C=C/C=C/C=C/1C. The third-order valence-electron chi connectivity index (χ3n) is 22.6. The van der Waals surface area contributed by atoms with Gasteiger partial charge >= 0.3 is 5.97 Å². The standard InChI is InChI=1S/C86H136IN9O22/c1-59-21-13-11-14-22-60(2)73(105-8)55-69-28-26-65(7)86(104,118-69)80(101)84(102)95-31-19-16-25-70(95)85(103)117-74(56-71(98)61(3)52-64(6)78(100)79(107-10)77(99)63(5)51-59)62(4)53-66-27-29-72(75(54-66)106-9)116-34-20-17-23-67-57-94(93-91-67)33-36-109-38-40-111-42-44-113-46-48-115-50-49-114-47-45-112-43-41-110-39-37-108-35-30-68(97)24-15-12-18-32-96-83-76(81(87)92-96)82(88)89-58-90-83/h11,13-14,21-22,52,57-59,61-63,65-66,69-70,72-75,78-79,100,104H,12,15-20,23-51,53-56H2,1-10H3,(H2,88,89,90)/b14-11+,21-13+,60-22+,64-52+/t59-,61-,62-,63-,65-,66+,69+,70+,72-,73+,74+,75-,78-,79+,86-/m1/s1. The van der Waals surface area contributed by atoms with Gasteiger partial charge in [-0.2, -0.15) is 5.10 Å². The molecule has 1 saturated carbocycles. The first-order valence-corrected chi connectivity index (χ1v) is 43.8. The van der Waals surface area contributed by atoms with Gasteiger partial charge in [-0.25, -0.2) is 24.1 Å². The molecule has 6 heterocycles. The summed E-state index contributed by atoms with van der Waals surface area (Å²) in [5.74, 6) is -7.53. The van der Waals surface area contributed by atoms with Crippen LogP contribution in [-0.2, 0) is 115 Å². The second-order valence-electron chi connectivity index (χ2n) is 31.8. The molecule has 7 rings (SSSR count). The van der Waals surface area contributed by atoms with E-state index in [9.17, 15) is 39.0 Å². The van der Waals surface area contributed by atoms with E-state index < -0.39 is 77.8 Å². The molecular weight excluding hydrogens is 1640 g/mol. The van der Waals surface area contributed by atoms with Crippen molar-refractivity contribution < 1.29 is 105 Å². The van der Waals surface area contributed by atoms with Crippen LogP contribution in [0.5, 0.6) is 0 Å². The summed E-state index contributed by atoms with van der Waals surface area (Å²) in [5, 5.41) is 37.8. The molecule has 1 aliphatic carbocycles. The second-order valence-corrected chi connectivity index (χ2v) is 32.9. The molecule has 0 spiro atoms. The van der Waals surface area contributed by atoms with Crippen LogP contribution in [0.2, 0.25) is 0 Å². The number of unbranched alkanes of at least 4 members (excludes halogenated alkanes) is 3. The molecule has 3 fully saturated rings. The van der Waals surface area contributed by atoms with Crippen LogP contribution in [0, 0.1) is 39.2 Å². The van der Waals surface area contributed by atoms with Gasteiger partial charge < -0.3 is 87.2 Å². The monoisotopic (exact) mass is 1770 g/mol. The number of carbonyl (C=O) groups is 6. The van der Waals surface area contributed by atoms with E-state index in [0.29, 0.717) is 201 Å². The molecule has 4 N–H and O–H groups in total. The number of aryl methyl sites for hydroxylation is 2. The lowest BCUT2D eigenvalue weighted by Gasteiger charge is -2.42. The quantitative estimate of drug-likeness (QED) is 0.0156. The van der Waals surface area contributed by atoms with Crippen molar-refractivity contribution in [1.82, 2.24) is 39.6 Å². The average molecular weight is 1770 g/mol. The number of Topliss-reactive ketones (excluding diaryl/α,β-unsaturated/α-hetero) is 4. The van der Waals surface area contributed by atoms with E-state index in [1.165, 1.54) is 18.3 Å². The van der Waals surface area contributed by atoms with Gasteiger partial charge in [-0.3, -0.25) is 24.0 Å². The van der Waals surface area contributed by atoms with Crippen molar-refractivity contribution in [3.63, 3.8) is 0 Å². The molecule has 15 atom stereocenters. The largest absolute Gasteiger partial charge is 0.460 e. The summed E-state index contributed by atoms with van der Waals surface area (Å²) in [5.41, 5.74) is 8.85. The Bertz CT molecular complexity index is 3610. The number of esters is 1. The number of nitrogens with two attached hydrogens (primary N) is 1. The Balaban J connectivity index is 0.734. The van der Waals surface area contributed by atoms with Gasteiger partial charge in [0.1, 0.15) is 51.8 Å². The number of fused-ring (bicyclic) bond motifs is 4. The van der Waals surface area contributed by atoms with E-state index >= 15 is 0 Å². The molecular formula is C86H136IN9O22. The van der Waals surface area contributed by atoms with Crippen LogP contribution in [0.1, 0.15) is 176 Å². The highest BCUT2D eigenvalue weighted by Crippen LogP contribution is 2.39. The summed E-state index contributed by atoms with van der Waals surface area (Å²) in [4.78, 5) is 94.1. The van der Waals surface area contributed by atoms with Crippen LogP contribution in [0.3, 0.4) is 0 Å². The highest BCUT2D eigenvalue weighted by Gasteiger charge is 2.53. The van der Waals surface area contributed by atoms with Crippen LogP contribution in [0.15, 0.2) is 60.1 Å². The number of halogens is 1. The van der Waals surface area contributed by atoms with E-state index in [4.69, 9.17) is 72.0 Å². The number of nitrogen functional groups attached to an aromatic ring is 1. The lowest BCUT2D eigenvalue weighted by Crippen LogP contribution is -2.61. The number of aromatic nitrogens is 7. The highest BCUT2D eigenvalue weighted by molar-refractivity contribution is 14.1. The molecule has 2 saturated heterocycles. The summed E-state index contributed by atoms with van der Waals surface area (Å²) >= 11 is 2.14. The van der Waals surface area contributed by atoms with Crippen LogP contribution < -0.4 is 5.73 Å². The first-order valence-electron chi connectivity index (χ1n) is 42.7. The van der Waals surface area contributed by atoms with Crippen molar-refractivity contribution >= 4 is 74.5 Å². The number of allylic oxidation sites excluding steroid dienone is 6. The zero-order valence-corrected chi connectivity index (χ0v) is 73.7. The number of amides is 1. The fourth-order valence-electron chi connectivity index (χ4n) is 15.5. The van der Waals surface area contributed by atoms with Gasteiger partial charge in [-0.05, 0) is 162 Å². The first-order chi connectivity index (χ1) is 57.0. The number of ketones is 4. The third kappa shape index (κ3) is 33.5. The van der Waals surface area contributed by atoms with Gasteiger partial charge in [-0.1, -0.05) is 82.7 Å². The number of rotatable bonds is 45. The molecule has 3 aliphatic heterocycles. The molecule has 0 aromatic carbocycles. The second kappa shape index (κ2) is 54.6. The number of hydrogen-bond donors (Lipinski definition) is 3. The number of aliphatic hydroxyl groups is 2. The summed E-state index contributed by atoms with van der Waals surface area (Å²) < 4.78 is 86.1. The molecule has 1 amide bonds. The minimum absolute atomic E-state index is 0.00263. The lowest BCUT2D eigenvalue weighted by atomic mass is 9.78. The maximum absolute atomic E-state index is 14.8. The van der Waals surface area contributed by atoms with Crippen molar-refractivity contribution in [2.75, 3.05) is 146 Å². The zero-order valence-electron chi connectivity index (χ0n) is 71.6. The Labute approximate surface area is 711 Å². The van der Waals surface area contributed by atoms with Crippen LogP contribution in [0.4, 0.5) is 5.82 Å². The average Bonchev–Trinajstić information content (AvgIpc) is 1.70. The van der Waals surface area contributed by atoms with Crippen LogP contribution in [0.25, 0.3) is 11.0 Å². The third-order valence-corrected chi connectivity index (χ3v) is 23.4. The number of hydrogen-bond acceptors (Lipinski definition) is 28. The number of carbonyl (C=O) groups excluding carboxylic acids is 6. The Morgan fingerprint density at radius 1 is 0.695 bits per heavy atom. The van der Waals surface area contributed by atoms with Gasteiger partial charge in [0.15, 0.2) is 11.4 Å². The zero-order chi connectivity index (χ0) is 85.2. The predicted octanol–water partition coefficient (Wildman–Crippen LogP) is 9.50. The molecule has 118 heavy (non-hydrogen) atoms. The van der Waals surface area contributed by atoms with Crippen molar-refractivity contribution in [1.29, 1.82) is 0 Å². The summed E-state index contributed by atoms with van der Waals surface area (Å²) in [7, 11) is 4.65. The number of cyclic esters (lactones) is 1. The number of anilines is 1. The highest BCUT2D eigenvalue weighted by atomic mass is 127. The van der Waals surface area contributed by atoms with Gasteiger partial charge in [-0.15, -0.1) is 5.10 Å². The van der Waals surface area contributed by atoms with Gasteiger partial charge in [0.25, 0.3) is 11.7 Å². The van der Waals surface area contributed by atoms with E-state index in [1.54, 1.807) is 45.7 Å². The maximum atomic E-state index is 14.8. The van der Waals surface area contributed by atoms with E-state index in [1.807, 2.05) is 69.0 Å². The predicted molar refractivity (Wildman–Crippen MR) is 449 cm³/mol. The minimum atomic E-state index is -2.46. The van der Waals surface area contributed by atoms with Crippen molar-refractivity contribution in [3.05, 3.63) is 69.5 Å². The molecule has 4 aliphatic rings. The Morgan fingerprint density at radius 2 is 1.36 bits per heavy atom. The molecule has 3 aromatic rings. The number of ether oxygens (including phenoxy) is 14. The topological polar surface area (TPSA) is 376 Å². The van der Waals surface area contributed by atoms with E-state index in [2.05, 4.69) is 48.0 Å². The number of aliphatic hydroxyl groups excluding tert-OH is 1. The smallest absolute Gasteiger partial charge is 0.329 e. The Morgan fingerprint density at radius 3 is 2.01 bits per heavy atom. The normalized spacial score (nSPS) is 27.7. The molecule has 2 bridgehead atoms. The molecule has 31 nitrogen and oxygen atoms in total. The van der Waals surface area contributed by atoms with Crippen molar-refractivity contribution in [2.24, 2.45) is 35.5 Å². The fraction of sp³-hybridized carbons (Fsp3) is 0.756. The fourth-order valence-corrected chi connectivity index (χ4v) is 16.3. The molecule has 32 heteroatoms. The number of piperidine rings is 1. The lowest BCUT2D eigenvalue weighted by molar-refractivity contribution is -0.265. The summed E-state index contributed by atoms with van der Waals surface area (Å²) in [6.07, 6.45) is 21.2. The molecule has 0 unspecified atom stereocenters. The maximum Gasteiger partial charge on any atom is 0.329 e. The van der Waals surface area contributed by atoms with Gasteiger partial charge in [0, 0.05) is 90.7 Å². The van der Waals surface area contributed by atoms with Gasteiger partial charge in [0.2, 0.25) is 5.79 Å². The molecule has 0 radical (unpaired) electrons. The van der Waals surface area contributed by atoms with Crippen molar-refractivity contribution in [2.45, 2.75) is 245 Å². The number of methoxy groups -OCH3 is 3. The van der Waals surface area contributed by atoms with Crippen LogP contribution >= 0.6 is 22.6 Å². The van der Waals surface area contributed by atoms with Crippen molar-refractivity contribution in [3.8, 4) is 0 Å². The molecule has 3 aromatic heterocycles. The van der Waals surface area contributed by atoms with Gasteiger partial charge in [0.05, 0.1) is 148 Å². The summed E-state index contributed by atoms with van der Waals surface area (Å²) in [6.45, 7) is 21.6. The summed E-state index contributed by atoms with van der Waals surface area (Å²) in [6, 6.07) is -1.17.